The summed E-state index contributed by atoms with van der Waals surface area (Å²) in [6.45, 7) is -0.393. The highest BCUT2D eigenvalue weighted by Crippen LogP contribution is 2.06. The predicted molar refractivity (Wildman–Crippen MR) is 168 cm³/mol. The molecule has 19 heteroatoms. The topological polar surface area (TPSA) is 318 Å². The van der Waals surface area contributed by atoms with Crippen LogP contribution in [-0.2, 0) is 41.6 Å². The average Bonchev–Trinajstić information content (AvgIpc) is 3.76. The second-order valence-corrected chi connectivity index (χ2v) is 10.8. The number of carboxylic acids is 1. The molecule has 2 heterocycles. The normalized spacial score (nSPS) is 13.4. The minimum Gasteiger partial charge on any atom is -0.480 e. The molecule has 0 aliphatic heterocycles. The first-order valence-electron chi connectivity index (χ1n) is 15.3. The maximum atomic E-state index is 13.3. The Bertz CT molecular complexity index is 1270. The van der Waals surface area contributed by atoms with Crippen molar-refractivity contribution in [1.29, 1.82) is 0 Å². The third-order valence-corrected chi connectivity index (χ3v) is 6.94. The van der Waals surface area contributed by atoms with E-state index in [-0.39, 0.29) is 19.3 Å². The van der Waals surface area contributed by atoms with Gasteiger partial charge in [-0.25, -0.2) is 9.97 Å². The van der Waals surface area contributed by atoms with Gasteiger partial charge in [-0.3, -0.25) is 28.8 Å². The van der Waals surface area contributed by atoms with Gasteiger partial charge in [-0.05, 0) is 45.2 Å². The second-order valence-electron chi connectivity index (χ2n) is 10.8. The third-order valence-electron chi connectivity index (χ3n) is 6.94. The molecule has 14 N–H and O–H groups in total. The van der Waals surface area contributed by atoms with Gasteiger partial charge < -0.3 is 58.9 Å². The number of unbranched alkanes of at least 4 members (excludes halogenated alkanes) is 2. The second kappa shape index (κ2) is 21.0. The number of nitrogens with one attached hydrogen (secondary N) is 7. The van der Waals surface area contributed by atoms with Gasteiger partial charge in [0.05, 0.1) is 36.6 Å². The lowest BCUT2D eigenvalue weighted by atomic mass is 10.1. The molecule has 2 aromatic heterocycles. The number of aliphatic carboxylic acids is 1. The van der Waals surface area contributed by atoms with Crippen LogP contribution >= 0.6 is 0 Å². The van der Waals surface area contributed by atoms with Crippen molar-refractivity contribution in [3.05, 3.63) is 36.4 Å². The summed E-state index contributed by atoms with van der Waals surface area (Å²) in [6.07, 6.45) is 8.72. The van der Waals surface area contributed by atoms with Gasteiger partial charge in [0.15, 0.2) is 0 Å². The molecule has 0 fully saturated rings. The number of rotatable bonds is 23. The van der Waals surface area contributed by atoms with Crippen molar-refractivity contribution in [1.82, 2.24) is 46.5 Å². The molecular formula is C28H46N12O7. The molecule has 47 heavy (non-hydrogen) atoms. The Balaban J connectivity index is 2.07. The fraction of sp³-hybridized carbons (Fsp3) is 0.571. The molecule has 0 bridgehead atoms. The molecule has 2 rings (SSSR count). The number of imidazole rings is 2. The van der Waals surface area contributed by atoms with Gasteiger partial charge in [0.2, 0.25) is 29.5 Å². The van der Waals surface area contributed by atoms with Crippen molar-refractivity contribution >= 4 is 35.5 Å². The van der Waals surface area contributed by atoms with E-state index < -0.39 is 72.8 Å². The van der Waals surface area contributed by atoms with Crippen LogP contribution in [0.15, 0.2) is 25.0 Å². The summed E-state index contributed by atoms with van der Waals surface area (Å²) in [4.78, 5) is 89.4. The van der Waals surface area contributed by atoms with Gasteiger partial charge in [-0.2, -0.15) is 0 Å². The SMILES string of the molecule is NCCCCC(N)C(=O)NC(Cc1c[nH]cn1)C(=O)NCC(=O)NC(CCCCN)C(=O)NC(Cc1c[nH]cn1)C(=O)NCC(=O)O. The number of aromatic nitrogens is 4. The lowest BCUT2D eigenvalue weighted by Crippen LogP contribution is -2.56. The molecule has 4 unspecified atom stereocenters. The van der Waals surface area contributed by atoms with E-state index in [0.29, 0.717) is 56.6 Å². The van der Waals surface area contributed by atoms with Gasteiger partial charge in [0.1, 0.15) is 24.7 Å². The molecule has 0 radical (unpaired) electrons. The van der Waals surface area contributed by atoms with Crippen LogP contribution in [-0.4, -0.2) is 111 Å². The average molecular weight is 663 g/mol. The van der Waals surface area contributed by atoms with E-state index in [1.165, 1.54) is 18.9 Å². The monoisotopic (exact) mass is 662 g/mol. The van der Waals surface area contributed by atoms with E-state index in [2.05, 4.69) is 46.5 Å². The highest BCUT2D eigenvalue weighted by molar-refractivity contribution is 5.95. The van der Waals surface area contributed by atoms with Crippen LogP contribution in [0.1, 0.15) is 49.9 Å². The lowest BCUT2D eigenvalue weighted by molar-refractivity contribution is -0.138. The Kier molecular flexibility index (Phi) is 17.1. The van der Waals surface area contributed by atoms with Crippen molar-refractivity contribution in [2.24, 2.45) is 17.2 Å². The van der Waals surface area contributed by atoms with Crippen molar-refractivity contribution in [2.75, 3.05) is 26.2 Å². The molecule has 0 aromatic carbocycles. The van der Waals surface area contributed by atoms with Crippen LogP contribution in [0.5, 0.6) is 0 Å². The Labute approximate surface area is 271 Å². The van der Waals surface area contributed by atoms with Crippen molar-refractivity contribution in [2.45, 2.75) is 75.5 Å². The number of H-pyrrole nitrogens is 2. The minimum atomic E-state index is -1.27. The van der Waals surface area contributed by atoms with Crippen LogP contribution in [0, 0.1) is 0 Å². The number of nitrogens with zero attached hydrogens (tertiary/aromatic N) is 2. The fourth-order valence-corrected chi connectivity index (χ4v) is 4.42. The van der Waals surface area contributed by atoms with Crippen molar-refractivity contribution in [3.63, 3.8) is 0 Å². The Hall–Kier alpha value is -4.88. The summed E-state index contributed by atoms with van der Waals surface area (Å²) in [5.41, 5.74) is 18.0. The number of amides is 5. The number of hydrogen-bond donors (Lipinski definition) is 11. The van der Waals surface area contributed by atoms with E-state index in [0.717, 1.165) is 0 Å². The summed E-state index contributed by atoms with van der Waals surface area (Å²) in [5, 5.41) is 21.4. The maximum absolute atomic E-state index is 13.3. The van der Waals surface area contributed by atoms with E-state index in [1.807, 2.05) is 0 Å². The minimum absolute atomic E-state index is 0.0175. The van der Waals surface area contributed by atoms with E-state index in [9.17, 15) is 28.8 Å². The number of carboxylic acid groups (broad SMARTS) is 1. The molecular weight excluding hydrogens is 616 g/mol. The largest absolute Gasteiger partial charge is 0.480 e. The first-order chi connectivity index (χ1) is 22.5. The van der Waals surface area contributed by atoms with Crippen molar-refractivity contribution < 1.29 is 33.9 Å². The van der Waals surface area contributed by atoms with Crippen LogP contribution in [0.4, 0.5) is 0 Å². The van der Waals surface area contributed by atoms with Crippen LogP contribution < -0.4 is 43.8 Å². The van der Waals surface area contributed by atoms with Gasteiger partial charge in [0, 0.05) is 25.2 Å². The third kappa shape index (κ3) is 14.8. The summed E-state index contributed by atoms with van der Waals surface area (Å²) < 4.78 is 0. The lowest BCUT2D eigenvalue weighted by Gasteiger charge is -2.23. The van der Waals surface area contributed by atoms with Crippen molar-refractivity contribution in [3.8, 4) is 0 Å². The van der Waals surface area contributed by atoms with Gasteiger partial charge >= 0.3 is 5.97 Å². The quantitative estimate of drug-likeness (QED) is 0.0512. The van der Waals surface area contributed by atoms with Crippen LogP contribution in [0.3, 0.4) is 0 Å². The summed E-state index contributed by atoms with van der Waals surface area (Å²) in [6, 6.07) is -4.29. The molecule has 5 amide bonds. The molecule has 0 spiro atoms. The zero-order chi connectivity index (χ0) is 34.6. The molecule has 4 atom stereocenters. The zero-order valence-corrected chi connectivity index (χ0v) is 26.1. The first kappa shape index (κ1) is 38.3. The van der Waals surface area contributed by atoms with E-state index in [4.69, 9.17) is 22.3 Å². The molecule has 19 nitrogen and oxygen atoms in total. The molecule has 0 aliphatic rings. The summed E-state index contributed by atoms with van der Waals surface area (Å²) in [7, 11) is 0. The maximum Gasteiger partial charge on any atom is 0.322 e. The van der Waals surface area contributed by atoms with Gasteiger partial charge in [0.25, 0.3) is 0 Å². The van der Waals surface area contributed by atoms with Gasteiger partial charge in [-0.1, -0.05) is 6.42 Å². The van der Waals surface area contributed by atoms with Crippen LogP contribution in [0.2, 0.25) is 0 Å². The molecule has 0 aliphatic carbocycles. The predicted octanol–water partition coefficient (Wildman–Crippen LogP) is -3.73. The van der Waals surface area contributed by atoms with E-state index >= 15 is 0 Å². The zero-order valence-electron chi connectivity index (χ0n) is 26.1. The van der Waals surface area contributed by atoms with E-state index in [1.54, 1.807) is 6.20 Å². The summed E-state index contributed by atoms with van der Waals surface area (Å²) >= 11 is 0. The number of carbonyl (C=O) groups is 6. The Morgan fingerprint density at radius 1 is 0.681 bits per heavy atom. The van der Waals surface area contributed by atoms with Gasteiger partial charge in [-0.15, -0.1) is 0 Å². The number of carbonyl (C=O) groups excluding carboxylic acids is 5. The highest BCUT2D eigenvalue weighted by atomic mass is 16.4. The smallest absolute Gasteiger partial charge is 0.322 e. The summed E-state index contributed by atoms with van der Waals surface area (Å²) in [5.74, 6) is -4.67. The molecule has 260 valence electrons. The van der Waals surface area contributed by atoms with Crippen LogP contribution in [0.25, 0.3) is 0 Å². The molecule has 0 saturated carbocycles. The molecule has 0 saturated heterocycles. The number of nitrogens with two attached hydrogens (primary N) is 3. The fourth-order valence-electron chi connectivity index (χ4n) is 4.42. The highest BCUT2D eigenvalue weighted by Gasteiger charge is 2.29. The Morgan fingerprint density at radius 3 is 1.68 bits per heavy atom. The molecule has 2 aromatic rings. The first-order valence-corrected chi connectivity index (χ1v) is 15.3. The number of hydrogen-bond acceptors (Lipinski definition) is 11. The Morgan fingerprint density at radius 2 is 1.19 bits per heavy atom. The number of aromatic amines is 2. The standard InChI is InChI=1S/C28H46N12O7/c29-7-3-1-5-19(31)25(44)39-21(9-17-11-32-15-36-17)26(45)34-13-23(41)38-20(6-2-4-8-30)28(47)40-22(10-18-12-33-16-37-18)27(46)35-14-24(42)43/h11-12,15-16,19-22H,1-10,13-14,29-31H2,(H,32,36)(H,33,37)(H,34,45)(H,35,46)(H,38,41)(H,39,44)(H,40,47)(H,42,43).